The number of hydrogen-bond acceptors (Lipinski definition) is 4. The molecule has 1 aliphatic heterocycles. The Kier molecular flexibility index (Phi) is 8.89. The summed E-state index contributed by atoms with van der Waals surface area (Å²) in [6, 6.07) is 8.59. The maximum absolute atomic E-state index is 13.7. The number of carbonyl (C=O) groups is 4. The molecule has 3 amide bonds. The van der Waals surface area contributed by atoms with Crippen molar-refractivity contribution in [3.05, 3.63) is 69.5 Å². The molecule has 8 nitrogen and oxygen atoms in total. The molecule has 1 aliphatic carbocycles. The Labute approximate surface area is 229 Å². The monoisotopic (exact) mass is 563 g/mol. The Balaban J connectivity index is 1.65. The lowest BCUT2D eigenvalue weighted by atomic mass is 9.82. The van der Waals surface area contributed by atoms with E-state index in [1.165, 1.54) is 40.1 Å². The van der Waals surface area contributed by atoms with Crippen LogP contribution in [-0.2, 0) is 9.59 Å². The third-order valence-electron chi connectivity index (χ3n) is 7.13. The summed E-state index contributed by atoms with van der Waals surface area (Å²) in [5, 5.41) is 12.8. The van der Waals surface area contributed by atoms with Gasteiger partial charge in [0.05, 0.1) is 16.5 Å². The Hall–Kier alpha value is -3.17. The van der Waals surface area contributed by atoms with E-state index in [-0.39, 0.29) is 46.6 Å². The zero-order valence-electron chi connectivity index (χ0n) is 20.5. The topological polar surface area (TPSA) is 107 Å². The molecule has 0 bridgehead atoms. The molecule has 0 radical (unpaired) electrons. The zero-order chi connectivity index (χ0) is 27.4. The highest BCUT2D eigenvalue weighted by Crippen LogP contribution is 2.29. The lowest BCUT2D eigenvalue weighted by molar-refractivity contribution is -0.138. The molecule has 2 atom stereocenters. The van der Waals surface area contributed by atoms with Crippen molar-refractivity contribution < 1.29 is 28.7 Å². The second kappa shape index (κ2) is 12.1. The van der Waals surface area contributed by atoms with Gasteiger partial charge in [-0.3, -0.25) is 19.2 Å². The van der Waals surface area contributed by atoms with Gasteiger partial charge in [-0.2, -0.15) is 0 Å². The van der Waals surface area contributed by atoms with Crippen LogP contribution in [0.3, 0.4) is 0 Å². The van der Waals surface area contributed by atoms with Gasteiger partial charge in [0.2, 0.25) is 0 Å². The van der Waals surface area contributed by atoms with E-state index in [1.54, 1.807) is 0 Å². The van der Waals surface area contributed by atoms with Gasteiger partial charge in [0.15, 0.2) is 6.17 Å². The highest BCUT2D eigenvalue weighted by atomic mass is 35.5. The number of nitrogens with one attached hydrogen (secondary N) is 1. The Morgan fingerprint density at radius 1 is 0.895 bits per heavy atom. The molecule has 1 saturated carbocycles. The maximum Gasteiger partial charge on any atom is 0.305 e. The summed E-state index contributed by atoms with van der Waals surface area (Å²) in [7, 11) is 0. The molecule has 2 N–H and O–H groups in total. The number of carbonyl (C=O) groups excluding carboxylic acids is 3. The van der Waals surface area contributed by atoms with Gasteiger partial charge in [-0.25, -0.2) is 4.39 Å². The molecule has 0 spiro atoms. The van der Waals surface area contributed by atoms with E-state index in [0.29, 0.717) is 0 Å². The first kappa shape index (κ1) is 27.9. The first-order valence-electron chi connectivity index (χ1n) is 12.5. The third-order valence-corrected chi connectivity index (χ3v) is 7.87. The average molecular weight is 564 g/mol. The van der Waals surface area contributed by atoms with E-state index >= 15 is 0 Å². The van der Waals surface area contributed by atoms with E-state index in [2.05, 4.69) is 5.32 Å². The lowest BCUT2D eigenvalue weighted by Crippen LogP contribution is -2.57. The highest BCUT2D eigenvalue weighted by Gasteiger charge is 2.44. The number of benzene rings is 2. The Morgan fingerprint density at radius 2 is 1.47 bits per heavy atom. The van der Waals surface area contributed by atoms with Gasteiger partial charge >= 0.3 is 5.97 Å². The molecule has 2 unspecified atom stereocenters. The molecule has 2 aliphatic rings. The summed E-state index contributed by atoms with van der Waals surface area (Å²) >= 11 is 12.1. The fourth-order valence-corrected chi connectivity index (χ4v) is 5.51. The Morgan fingerprint density at radius 3 is 2.05 bits per heavy atom. The molecule has 4 rings (SSSR count). The number of hydrogen-bond donors (Lipinski definition) is 2. The average Bonchev–Trinajstić information content (AvgIpc) is 3.35. The molecule has 1 saturated heterocycles. The smallest absolute Gasteiger partial charge is 0.305 e. The van der Waals surface area contributed by atoms with Crippen molar-refractivity contribution in [1.29, 1.82) is 0 Å². The van der Waals surface area contributed by atoms with Crippen molar-refractivity contribution >= 4 is 46.9 Å². The van der Waals surface area contributed by atoms with E-state index in [4.69, 9.17) is 23.2 Å². The number of rotatable bonds is 7. The van der Waals surface area contributed by atoms with E-state index < -0.39 is 41.7 Å². The van der Waals surface area contributed by atoms with Crippen LogP contribution in [0.1, 0.15) is 59.2 Å². The number of amides is 3. The Bertz CT molecular complexity index is 1220. The fraction of sp³-hybridized carbons (Fsp3) is 0.407. The molecule has 2 aromatic rings. The van der Waals surface area contributed by atoms with Gasteiger partial charge in [-0.1, -0.05) is 42.5 Å². The summed E-state index contributed by atoms with van der Waals surface area (Å²) in [5.41, 5.74) is 0.338. The van der Waals surface area contributed by atoms with Crippen LogP contribution < -0.4 is 5.32 Å². The van der Waals surface area contributed by atoms with E-state index in [0.717, 1.165) is 44.2 Å². The van der Waals surface area contributed by atoms with E-state index in [1.807, 2.05) is 0 Å². The molecule has 0 aromatic heterocycles. The van der Waals surface area contributed by atoms with Gasteiger partial charge in [-0.05, 0) is 61.2 Å². The summed E-state index contributed by atoms with van der Waals surface area (Å²) in [4.78, 5) is 54.8. The van der Waals surface area contributed by atoms with Gasteiger partial charge in [0, 0.05) is 30.3 Å². The number of carboxylic acids is 1. The molecular weight excluding hydrogens is 536 g/mol. The summed E-state index contributed by atoms with van der Waals surface area (Å²) < 4.78 is 13.5. The summed E-state index contributed by atoms with van der Waals surface area (Å²) in [5.74, 6) is -3.32. The normalized spacial score (nSPS) is 18.8. The van der Waals surface area contributed by atoms with E-state index in [9.17, 15) is 28.7 Å². The van der Waals surface area contributed by atoms with Gasteiger partial charge in [0.25, 0.3) is 17.7 Å². The first-order valence-corrected chi connectivity index (χ1v) is 13.3. The third kappa shape index (κ3) is 6.27. The van der Waals surface area contributed by atoms with Crippen LogP contribution in [-0.4, -0.2) is 63.9 Å². The molecule has 11 heteroatoms. The molecular formula is C27H28Cl2FN3O5. The summed E-state index contributed by atoms with van der Waals surface area (Å²) in [6.45, 7) is 0.103. The number of nitrogens with zero attached hydrogens (tertiary/aromatic N) is 2. The van der Waals surface area contributed by atoms with Crippen molar-refractivity contribution in [2.75, 3.05) is 13.1 Å². The van der Waals surface area contributed by atoms with Gasteiger partial charge in [-0.15, -0.1) is 0 Å². The molecule has 1 heterocycles. The predicted molar refractivity (Wildman–Crippen MR) is 139 cm³/mol. The predicted octanol–water partition coefficient (Wildman–Crippen LogP) is 4.60. The maximum atomic E-state index is 13.7. The zero-order valence-corrected chi connectivity index (χ0v) is 22.1. The van der Waals surface area contributed by atoms with Crippen molar-refractivity contribution in [1.82, 2.24) is 15.1 Å². The van der Waals surface area contributed by atoms with Crippen LogP contribution in [0.2, 0.25) is 10.0 Å². The minimum absolute atomic E-state index is 0.0225. The van der Waals surface area contributed by atoms with Crippen LogP contribution in [0.4, 0.5) is 4.39 Å². The van der Waals surface area contributed by atoms with Crippen molar-refractivity contribution in [2.45, 2.75) is 50.7 Å². The largest absolute Gasteiger partial charge is 0.481 e. The van der Waals surface area contributed by atoms with Crippen LogP contribution >= 0.6 is 23.2 Å². The SMILES string of the molecule is O=C(O)CC(NC(=O)C1N(C(=O)c2ccc(F)cc2)CCN1C(=O)c1ccc(Cl)c(Cl)c1)C1CCCCC1. The van der Waals surface area contributed by atoms with Crippen molar-refractivity contribution in [3.63, 3.8) is 0 Å². The van der Waals surface area contributed by atoms with Crippen molar-refractivity contribution in [2.24, 2.45) is 5.92 Å². The fourth-order valence-electron chi connectivity index (χ4n) is 5.21. The van der Waals surface area contributed by atoms with Gasteiger partial charge < -0.3 is 20.2 Å². The quantitative estimate of drug-likeness (QED) is 0.512. The number of carboxylic acid groups (broad SMARTS) is 1. The van der Waals surface area contributed by atoms with Crippen LogP contribution in [0, 0.1) is 11.7 Å². The highest BCUT2D eigenvalue weighted by molar-refractivity contribution is 6.42. The van der Waals surface area contributed by atoms with Crippen LogP contribution in [0.5, 0.6) is 0 Å². The minimum Gasteiger partial charge on any atom is -0.481 e. The van der Waals surface area contributed by atoms with Crippen LogP contribution in [0.15, 0.2) is 42.5 Å². The molecule has 2 aromatic carbocycles. The van der Waals surface area contributed by atoms with Crippen LogP contribution in [0.25, 0.3) is 0 Å². The number of halogens is 3. The standard InChI is InChI=1S/C27H28Cl2FN3O5/c28-20-11-8-18(14-21(20)29)27(38)33-13-12-32(26(37)17-6-9-19(30)10-7-17)25(33)24(36)31-22(15-23(34)35)16-4-2-1-3-5-16/h6-11,14,16,22,25H,1-5,12-13,15H2,(H,31,36)(H,34,35). The summed E-state index contributed by atoms with van der Waals surface area (Å²) in [6.07, 6.45) is 2.90. The van der Waals surface area contributed by atoms with Gasteiger partial charge in [0.1, 0.15) is 5.82 Å². The lowest BCUT2D eigenvalue weighted by Gasteiger charge is -2.34. The van der Waals surface area contributed by atoms with Crippen molar-refractivity contribution in [3.8, 4) is 0 Å². The second-order valence-electron chi connectivity index (χ2n) is 9.62. The first-order chi connectivity index (χ1) is 18.2. The number of aliphatic carboxylic acids is 1. The molecule has 202 valence electrons. The second-order valence-corrected chi connectivity index (χ2v) is 10.4. The molecule has 2 fully saturated rings. The molecule has 38 heavy (non-hydrogen) atoms. The minimum atomic E-state index is -1.34.